The molecule has 1 saturated heterocycles. The molecule has 2 heterocycles. The number of likely N-dealkylation sites (tertiary alicyclic amines) is 1. The van der Waals surface area contributed by atoms with Crippen molar-refractivity contribution in [3.8, 4) is 0 Å². The van der Waals surface area contributed by atoms with Gasteiger partial charge in [-0.25, -0.2) is 14.6 Å². The van der Waals surface area contributed by atoms with Crippen molar-refractivity contribution in [2.24, 2.45) is 11.7 Å². The highest BCUT2D eigenvalue weighted by molar-refractivity contribution is 5.83. The third-order valence-electron chi connectivity index (χ3n) is 4.21. The van der Waals surface area contributed by atoms with Crippen LogP contribution in [-0.4, -0.2) is 46.0 Å². The Kier molecular flexibility index (Phi) is 6.78. The highest BCUT2D eigenvalue weighted by Crippen LogP contribution is 2.26. The molecule has 8 heteroatoms. The SMILES string of the molecule is Cc1cc(CC2CC(N)N(C(=O)OC(C)(C)C)C2)nc(NC(=O)OC(C)(C)C)c1. The van der Waals surface area contributed by atoms with E-state index in [0.717, 1.165) is 11.3 Å². The van der Waals surface area contributed by atoms with Crippen LogP contribution in [0, 0.1) is 12.8 Å². The molecular formula is C21H34N4O4. The lowest BCUT2D eigenvalue weighted by Crippen LogP contribution is -2.43. The molecule has 2 unspecified atom stereocenters. The van der Waals surface area contributed by atoms with Crippen LogP contribution in [0.25, 0.3) is 0 Å². The molecule has 1 fully saturated rings. The number of carbonyl (C=O) groups is 2. The summed E-state index contributed by atoms with van der Waals surface area (Å²) in [5.41, 5.74) is 6.83. The Morgan fingerprint density at radius 3 is 2.38 bits per heavy atom. The normalized spacial score (nSPS) is 19.8. The lowest BCUT2D eigenvalue weighted by Gasteiger charge is -2.26. The van der Waals surface area contributed by atoms with E-state index in [2.05, 4.69) is 10.3 Å². The van der Waals surface area contributed by atoms with E-state index in [-0.39, 0.29) is 12.1 Å². The van der Waals surface area contributed by atoms with Gasteiger partial charge in [0.25, 0.3) is 0 Å². The molecule has 2 atom stereocenters. The van der Waals surface area contributed by atoms with Gasteiger partial charge in [-0.1, -0.05) is 0 Å². The van der Waals surface area contributed by atoms with Gasteiger partial charge in [-0.15, -0.1) is 0 Å². The molecule has 29 heavy (non-hydrogen) atoms. The van der Waals surface area contributed by atoms with Crippen molar-refractivity contribution in [1.82, 2.24) is 9.88 Å². The Bertz CT molecular complexity index is 752. The Morgan fingerprint density at radius 1 is 1.17 bits per heavy atom. The highest BCUT2D eigenvalue weighted by atomic mass is 16.6. The quantitative estimate of drug-likeness (QED) is 0.790. The fourth-order valence-electron chi connectivity index (χ4n) is 3.25. The summed E-state index contributed by atoms with van der Waals surface area (Å²) in [7, 11) is 0. The Hall–Kier alpha value is -2.35. The zero-order valence-electron chi connectivity index (χ0n) is 18.5. The Morgan fingerprint density at radius 2 is 1.79 bits per heavy atom. The van der Waals surface area contributed by atoms with E-state index in [0.29, 0.717) is 25.2 Å². The van der Waals surface area contributed by atoms with E-state index >= 15 is 0 Å². The number of amides is 2. The second-order valence-corrected chi connectivity index (χ2v) is 9.65. The summed E-state index contributed by atoms with van der Waals surface area (Å²) in [6.07, 6.45) is 0.0120. The van der Waals surface area contributed by atoms with Gasteiger partial charge < -0.3 is 15.2 Å². The van der Waals surface area contributed by atoms with E-state index in [4.69, 9.17) is 15.2 Å². The van der Waals surface area contributed by atoms with Gasteiger partial charge in [-0.2, -0.15) is 0 Å². The van der Waals surface area contributed by atoms with E-state index in [1.807, 2.05) is 33.8 Å². The number of pyridine rings is 1. The molecule has 3 N–H and O–H groups in total. The van der Waals surface area contributed by atoms with Gasteiger partial charge in [0.05, 0.1) is 6.17 Å². The summed E-state index contributed by atoms with van der Waals surface area (Å²) in [4.78, 5) is 30.5. The lowest BCUT2D eigenvalue weighted by molar-refractivity contribution is 0.0225. The summed E-state index contributed by atoms with van der Waals surface area (Å²) in [6.45, 7) is 13.4. The molecule has 0 radical (unpaired) electrons. The van der Waals surface area contributed by atoms with Crippen molar-refractivity contribution in [2.75, 3.05) is 11.9 Å². The Balaban J connectivity index is 2.02. The number of aryl methyl sites for hydroxylation is 1. The van der Waals surface area contributed by atoms with Gasteiger partial charge in [0.2, 0.25) is 0 Å². The molecule has 0 aliphatic carbocycles. The molecule has 0 saturated carbocycles. The van der Waals surface area contributed by atoms with Gasteiger partial charge in [0.15, 0.2) is 0 Å². The molecule has 1 aromatic rings. The molecular weight excluding hydrogens is 372 g/mol. The second kappa shape index (κ2) is 8.57. The van der Waals surface area contributed by atoms with Crippen molar-refractivity contribution >= 4 is 18.0 Å². The van der Waals surface area contributed by atoms with Crippen molar-refractivity contribution in [3.63, 3.8) is 0 Å². The maximum atomic E-state index is 12.4. The largest absolute Gasteiger partial charge is 0.444 e. The number of nitrogens with one attached hydrogen (secondary N) is 1. The fraction of sp³-hybridized carbons (Fsp3) is 0.667. The predicted octanol–water partition coefficient (Wildman–Crippen LogP) is 3.82. The number of ether oxygens (including phenoxy) is 2. The predicted molar refractivity (Wildman–Crippen MR) is 112 cm³/mol. The monoisotopic (exact) mass is 406 g/mol. The topological polar surface area (TPSA) is 107 Å². The molecule has 162 valence electrons. The molecule has 1 aromatic heterocycles. The summed E-state index contributed by atoms with van der Waals surface area (Å²) < 4.78 is 10.7. The van der Waals surface area contributed by atoms with E-state index in [1.165, 1.54) is 0 Å². The Labute approximate surface area is 173 Å². The number of nitrogens with two attached hydrogens (primary N) is 1. The maximum absolute atomic E-state index is 12.4. The summed E-state index contributed by atoms with van der Waals surface area (Å²) in [5.74, 6) is 0.613. The molecule has 0 aromatic carbocycles. The smallest absolute Gasteiger partial charge is 0.413 e. The first kappa shape index (κ1) is 22.9. The first-order valence-electron chi connectivity index (χ1n) is 9.94. The van der Waals surface area contributed by atoms with Crippen molar-refractivity contribution in [2.45, 2.75) is 78.7 Å². The minimum Gasteiger partial charge on any atom is -0.444 e. The molecule has 0 bridgehead atoms. The van der Waals surface area contributed by atoms with Gasteiger partial charge in [0, 0.05) is 12.2 Å². The lowest BCUT2D eigenvalue weighted by atomic mass is 10.0. The highest BCUT2D eigenvalue weighted by Gasteiger charge is 2.35. The summed E-state index contributed by atoms with van der Waals surface area (Å²) >= 11 is 0. The minimum atomic E-state index is -0.582. The molecule has 1 aliphatic rings. The number of hydrogen-bond donors (Lipinski definition) is 2. The standard InChI is InChI=1S/C21H34N4O4/c1-13-8-15(23-17(9-13)24-18(26)28-20(2,3)4)10-14-11-16(22)25(12-14)19(27)29-21(5,6)7/h8-9,14,16H,10-12,22H2,1-7H3,(H,23,24,26). The van der Waals surface area contributed by atoms with Crippen LogP contribution >= 0.6 is 0 Å². The van der Waals surface area contributed by atoms with Crippen LogP contribution < -0.4 is 11.1 Å². The maximum Gasteiger partial charge on any atom is 0.413 e. The molecule has 2 amide bonds. The van der Waals surface area contributed by atoms with Gasteiger partial charge in [-0.05, 0) is 84.9 Å². The number of aromatic nitrogens is 1. The molecule has 1 aliphatic heterocycles. The van der Waals surface area contributed by atoms with E-state index in [9.17, 15) is 9.59 Å². The van der Waals surface area contributed by atoms with Crippen LogP contribution in [0.1, 0.15) is 59.2 Å². The van der Waals surface area contributed by atoms with Gasteiger partial charge >= 0.3 is 12.2 Å². The molecule has 0 spiro atoms. The van der Waals surface area contributed by atoms with Gasteiger partial charge in [-0.3, -0.25) is 10.2 Å². The summed E-state index contributed by atoms with van der Waals surface area (Å²) in [6, 6.07) is 3.77. The average Bonchev–Trinajstić information content (AvgIpc) is 2.83. The fourth-order valence-corrected chi connectivity index (χ4v) is 3.25. The zero-order chi connectivity index (χ0) is 22.0. The van der Waals surface area contributed by atoms with E-state index < -0.39 is 23.4 Å². The number of hydrogen-bond acceptors (Lipinski definition) is 6. The molecule has 2 rings (SSSR count). The van der Waals surface area contributed by atoms with Crippen LogP contribution in [0.15, 0.2) is 12.1 Å². The van der Waals surface area contributed by atoms with Crippen LogP contribution in [-0.2, 0) is 15.9 Å². The van der Waals surface area contributed by atoms with Crippen LogP contribution in [0.2, 0.25) is 0 Å². The van der Waals surface area contributed by atoms with Crippen LogP contribution in [0.3, 0.4) is 0 Å². The van der Waals surface area contributed by atoms with Gasteiger partial charge in [0.1, 0.15) is 17.0 Å². The third-order valence-corrected chi connectivity index (χ3v) is 4.21. The number of rotatable bonds is 3. The van der Waals surface area contributed by atoms with Crippen molar-refractivity contribution in [3.05, 3.63) is 23.4 Å². The van der Waals surface area contributed by atoms with Crippen LogP contribution in [0.4, 0.5) is 15.4 Å². The van der Waals surface area contributed by atoms with Crippen molar-refractivity contribution in [1.29, 1.82) is 0 Å². The first-order chi connectivity index (χ1) is 13.2. The van der Waals surface area contributed by atoms with E-state index in [1.54, 1.807) is 31.7 Å². The summed E-state index contributed by atoms with van der Waals surface area (Å²) in [5, 5.41) is 2.68. The molecule has 8 nitrogen and oxygen atoms in total. The first-order valence-corrected chi connectivity index (χ1v) is 9.94. The zero-order valence-corrected chi connectivity index (χ0v) is 18.5. The van der Waals surface area contributed by atoms with Crippen LogP contribution in [0.5, 0.6) is 0 Å². The van der Waals surface area contributed by atoms with Crippen molar-refractivity contribution < 1.29 is 19.1 Å². The number of nitrogens with zero attached hydrogens (tertiary/aromatic N) is 2. The second-order valence-electron chi connectivity index (χ2n) is 9.65. The average molecular weight is 407 g/mol. The number of anilines is 1. The number of carbonyl (C=O) groups excluding carboxylic acids is 2. The third kappa shape index (κ3) is 7.53. The minimum absolute atomic E-state index is 0.168.